The third-order valence-corrected chi connectivity index (χ3v) is 10.7. The molecule has 2 bridgehead atoms. The van der Waals surface area contributed by atoms with Gasteiger partial charge in [0.1, 0.15) is 5.82 Å². The highest BCUT2D eigenvalue weighted by Crippen LogP contribution is 2.62. The molecule has 3 fully saturated rings. The van der Waals surface area contributed by atoms with Gasteiger partial charge in [-0.25, -0.2) is 4.39 Å². The topological polar surface area (TPSA) is 46.9 Å². The van der Waals surface area contributed by atoms with E-state index in [4.69, 9.17) is 5.10 Å². The minimum absolute atomic E-state index is 0.0418. The average molecular weight is 506 g/mol. The Hall–Kier alpha value is -2.17. The highest BCUT2D eigenvalue weighted by atomic mass is 19.1. The Morgan fingerprint density at radius 3 is 2.46 bits per heavy atom. The lowest BCUT2D eigenvalue weighted by Gasteiger charge is -2.43. The number of amides is 1. The Labute approximate surface area is 221 Å². The molecule has 0 radical (unpaired) electrons. The summed E-state index contributed by atoms with van der Waals surface area (Å²) >= 11 is 0. The highest BCUT2D eigenvalue weighted by Gasteiger charge is 2.59. The minimum Gasteiger partial charge on any atom is -0.347 e. The number of hydrogen-bond acceptors (Lipinski definition) is 2. The summed E-state index contributed by atoms with van der Waals surface area (Å²) in [6, 6.07) is 7.57. The zero-order chi connectivity index (χ0) is 25.8. The van der Waals surface area contributed by atoms with Gasteiger partial charge in [0.2, 0.25) is 0 Å². The number of carbonyl (C=O) groups excluding carboxylic acids is 1. The maximum Gasteiger partial charge on any atom is 0.272 e. The molecule has 0 aliphatic heterocycles. The van der Waals surface area contributed by atoms with Crippen molar-refractivity contribution < 1.29 is 9.18 Å². The lowest BCUT2D eigenvalue weighted by Crippen LogP contribution is -2.52. The number of fused-ring (bicyclic) bond motifs is 3. The second-order valence-electron chi connectivity index (χ2n) is 13.5. The molecular formula is C32H44FN3O. The summed E-state index contributed by atoms with van der Waals surface area (Å²) in [5, 5.41) is 8.74. The molecule has 5 heteroatoms. The molecule has 1 heterocycles. The fraction of sp³-hybridized carbons (Fsp3) is 0.688. The van der Waals surface area contributed by atoms with Gasteiger partial charge in [-0.05, 0) is 92.2 Å². The number of benzene rings is 1. The molecule has 0 spiro atoms. The summed E-state index contributed by atoms with van der Waals surface area (Å²) < 4.78 is 15.9. The van der Waals surface area contributed by atoms with Crippen LogP contribution in [0.3, 0.4) is 0 Å². The van der Waals surface area contributed by atoms with Crippen molar-refractivity contribution in [3.8, 4) is 0 Å². The van der Waals surface area contributed by atoms with Gasteiger partial charge >= 0.3 is 0 Å². The molecule has 4 aliphatic carbocycles. The monoisotopic (exact) mass is 505 g/mol. The second-order valence-corrected chi connectivity index (χ2v) is 13.5. The quantitative estimate of drug-likeness (QED) is 0.427. The first-order chi connectivity index (χ1) is 17.8. The zero-order valence-electron chi connectivity index (χ0n) is 23.0. The number of halogens is 1. The standard InChI is InChI=1S/C32H44FN3O/c1-31(2)23-17-18-32(3,20-23)30(31)34-29(37)27-26-12-8-7-9-22(19-21-13-15-24(33)16-14-21)28(26)36(35-27)25-10-5-4-6-11-25/h13-16,22-23,25,30H,4-12,17-20H2,1-3H3,(H,34,37)/t22?,23?,30-,32?/m1/s1. The fourth-order valence-electron chi connectivity index (χ4n) is 8.74. The van der Waals surface area contributed by atoms with E-state index in [2.05, 4.69) is 30.8 Å². The van der Waals surface area contributed by atoms with E-state index >= 15 is 0 Å². The van der Waals surface area contributed by atoms with Crippen LogP contribution in [0.5, 0.6) is 0 Å². The van der Waals surface area contributed by atoms with Gasteiger partial charge in [0, 0.05) is 23.2 Å². The molecular weight excluding hydrogens is 461 g/mol. The summed E-state index contributed by atoms with van der Waals surface area (Å²) in [4.78, 5) is 14.1. The molecule has 1 amide bonds. The van der Waals surface area contributed by atoms with E-state index in [0.29, 0.717) is 23.6 Å². The lowest BCUT2D eigenvalue weighted by molar-refractivity contribution is 0.0731. The van der Waals surface area contributed by atoms with E-state index in [0.717, 1.165) is 44.9 Å². The first-order valence-corrected chi connectivity index (χ1v) is 14.9. The molecule has 6 rings (SSSR count). The maximum atomic E-state index is 14.1. The second kappa shape index (κ2) is 9.54. The van der Waals surface area contributed by atoms with E-state index < -0.39 is 0 Å². The van der Waals surface area contributed by atoms with Crippen molar-refractivity contribution in [2.75, 3.05) is 0 Å². The van der Waals surface area contributed by atoms with Crippen molar-refractivity contribution in [1.29, 1.82) is 0 Å². The molecule has 1 aromatic heterocycles. The van der Waals surface area contributed by atoms with E-state index in [9.17, 15) is 9.18 Å². The molecule has 37 heavy (non-hydrogen) atoms. The van der Waals surface area contributed by atoms with Crippen molar-refractivity contribution in [3.63, 3.8) is 0 Å². The van der Waals surface area contributed by atoms with Gasteiger partial charge < -0.3 is 5.32 Å². The predicted molar refractivity (Wildman–Crippen MR) is 145 cm³/mol. The Morgan fingerprint density at radius 2 is 1.76 bits per heavy atom. The summed E-state index contributed by atoms with van der Waals surface area (Å²) in [6.45, 7) is 7.09. The zero-order valence-corrected chi connectivity index (χ0v) is 23.0. The molecule has 1 N–H and O–H groups in total. The Morgan fingerprint density at radius 1 is 1.03 bits per heavy atom. The van der Waals surface area contributed by atoms with Crippen LogP contribution in [0.2, 0.25) is 0 Å². The van der Waals surface area contributed by atoms with Crippen LogP contribution in [-0.4, -0.2) is 21.7 Å². The minimum atomic E-state index is -0.186. The van der Waals surface area contributed by atoms with Crippen molar-refractivity contribution in [2.45, 2.75) is 122 Å². The van der Waals surface area contributed by atoms with E-state index in [1.807, 2.05) is 12.1 Å². The van der Waals surface area contributed by atoms with Crippen molar-refractivity contribution in [3.05, 3.63) is 52.6 Å². The summed E-state index contributed by atoms with van der Waals surface area (Å²) in [5.74, 6) is 0.865. The Bertz CT molecular complexity index is 1140. The van der Waals surface area contributed by atoms with Crippen LogP contribution in [-0.2, 0) is 12.8 Å². The smallest absolute Gasteiger partial charge is 0.272 e. The van der Waals surface area contributed by atoms with Crippen LogP contribution in [0, 0.1) is 22.6 Å². The summed E-state index contributed by atoms with van der Waals surface area (Å²) in [6.07, 6.45) is 14.9. The fourth-order valence-corrected chi connectivity index (χ4v) is 8.74. The molecule has 2 aromatic rings. The van der Waals surface area contributed by atoms with Crippen LogP contribution in [0.15, 0.2) is 24.3 Å². The maximum absolute atomic E-state index is 14.1. The van der Waals surface area contributed by atoms with Gasteiger partial charge in [0.05, 0.1) is 6.04 Å². The van der Waals surface area contributed by atoms with E-state index in [1.165, 1.54) is 55.3 Å². The first-order valence-electron chi connectivity index (χ1n) is 14.9. The van der Waals surface area contributed by atoms with Gasteiger partial charge in [-0.2, -0.15) is 5.10 Å². The molecule has 4 aliphatic rings. The third kappa shape index (κ3) is 4.44. The Balaban J connectivity index is 1.36. The number of nitrogens with one attached hydrogen (secondary N) is 1. The number of rotatable bonds is 5. The first kappa shape index (κ1) is 25.1. The molecule has 200 valence electrons. The van der Waals surface area contributed by atoms with Crippen LogP contribution >= 0.6 is 0 Å². The lowest BCUT2D eigenvalue weighted by atomic mass is 9.68. The van der Waals surface area contributed by atoms with E-state index in [1.54, 1.807) is 12.1 Å². The molecule has 4 atom stereocenters. The Kier molecular flexibility index (Phi) is 6.48. The van der Waals surface area contributed by atoms with Gasteiger partial charge in [-0.15, -0.1) is 0 Å². The third-order valence-electron chi connectivity index (χ3n) is 10.7. The average Bonchev–Trinajstić information content (AvgIpc) is 3.47. The van der Waals surface area contributed by atoms with Crippen molar-refractivity contribution in [2.24, 2.45) is 16.7 Å². The van der Waals surface area contributed by atoms with Crippen LogP contribution < -0.4 is 5.32 Å². The van der Waals surface area contributed by atoms with Crippen LogP contribution in [0.1, 0.15) is 131 Å². The van der Waals surface area contributed by atoms with Crippen molar-refractivity contribution in [1.82, 2.24) is 15.1 Å². The summed E-state index contributed by atoms with van der Waals surface area (Å²) in [7, 11) is 0. The van der Waals surface area contributed by atoms with Crippen molar-refractivity contribution >= 4 is 5.91 Å². The van der Waals surface area contributed by atoms with Gasteiger partial charge in [0.15, 0.2) is 5.69 Å². The normalized spacial score (nSPS) is 31.2. The number of hydrogen-bond donors (Lipinski definition) is 1. The molecule has 3 unspecified atom stereocenters. The highest BCUT2D eigenvalue weighted by molar-refractivity contribution is 5.94. The van der Waals surface area contributed by atoms with Gasteiger partial charge in [0.25, 0.3) is 5.91 Å². The number of aromatic nitrogens is 2. The largest absolute Gasteiger partial charge is 0.347 e. The van der Waals surface area contributed by atoms with Crippen LogP contribution in [0.4, 0.5) is 4.39 Å². The van der Waals surface area contributed by atoms with Gasteiger partial charge in [-0.1, -0.05) is 58.6 Å². The van der Waals surface area contributed by atoms with Crippen LogP contribution in [0.25, 0.3) is 0 Å². The molecule has 0 saturated heterocycles. The molecule has 3 saturated carbocycles. The van der Waals surface area contributed by atoms with E-state index in [-0.39, 0.29) is 28.6 Å². The molecule has 1 aromatic carbocycles. The predicted octanol–water partition coefficient (Wildman–Crippen LogP) is 7.52. The molecule has 4 nitrogen and oxygen atoms in total. The van der Waals surface area contributed by atoms with Gasteiger partial charge in [-0.3, -0.25) is 9.48 Å². The number of nitrogens with zero attached hydrogens (tertiary/aromatic N) is 2. The summed E-state index contributed by atoms with van der Waals surface area (Å²) in [5.41, 5.74) is 4.66. The SMILES string of the molecule is CC12CCC(C1)C(C)(C)[C@H]2NC(=O)c1nn(C2CCCCC2)c2c1CCCCC2Cc1ccc(F)cc1. The number of carbonyl (C=O) groups is 1.